The Morgan fingerprint density at radius 1 is 0.488 bits per heavy atom. The summed E-state index contributed by atoms with van der Waals surface area (Å²) in [6, 6.07) is 55.6. The summed E-state index contributed by atoms with van der Waals surface area (Å²) in [7, 11) is 0. The van der Waals surface area contributed by atoms with E-state index in [0.29, 0.717) is 0 Å². The van der Waals surface area contributed by atoms with Crippen LogP contribution in [0.5, 0.6) is 0 Å². The second-order valence-corrected chi connectivity index (χ2v) is 10.9. The molecule has 8 rings (SSSR count). The van der Waals surface area contributed by atoms with Gasteiger partial charge in [0.15, 0.2) is 0 Å². The molecule has 1 aromatic heterocycles. The van der Waals surface area contributed by atoms with Crippen LogP contribution in [0.25, 0.3) is 44.3 Å². The van der Waals surface area contributed by atoms with Crippen LogP contribution in [0.3, 0.4) is 0 Å². The first-order valence-electron chi connectivity index (χ1n) is 14.7. The highest BCUT2D eigenvalue weighted by Crippen LogP contribution is 2.34. The molecule has 0 amide bonds. The molecule has 0 aliphatic carbocycles. The maximum Gasteiger partial charge on any atom is 0.133 e. The van der Waals surface area contributed by atoms with Crippen molar-refractivity contribution in [2.75, 3.05) is 0 Å². The van der Waals surface area contributed by atoms with Gasteiger partial charge in [-0.1, -0.05) is 121 Å². The van der Waals surface area contributed by atoms with Crippen LogP contribution in [0.4, 0.5) is 0 Å². The molecule has 0 bridgehead atoms. The number of aromatic nitrogens is 1. The Labute approximate surface area is 251 Å². The predicted molar refractivity (Wildman–Crippen MR) is 179 cm³/mol. The standard InChI is InChI=1S/C40H29N3/c1-4-12-28(13-5-1)29-20-22-31(23-21-29)37-27-36(30-14-6-2-7-15-30)41-40(42-37)32-24-25-39-35(26-32)34-18-10-11-19-38(34)43(39)33-16-8-3-9-17-33/h1-27,36H,(H,41,42). The summed E-state index contributed by atoms with van der Waals surface area (Å²) in [5, 5.41) is 6.14. The summed E-state index contributed by atoms with van der Waals surface area (Å²) >= 11 is 0. The summed E-state index contributed by atoms with van der Waals surface area (Å²) < 4.78 is 2.34. The molecule has 1 aliphatic heterocycles. The molecule has 0 saturated carbocycles. The number of hydrogen-bond acceptors (Lipinski definition) is 2. The SMILES string of the molecule is C1=C(c2ccc(-c3ccccc3)cc2)NC(c2ccc3c(c2)c2ccccc2n3-c2ccccc2)=NC1c1ccccc1. The van der Waals surface area contributed by atoms with Crippen molar-refractivity contribution in [2.45, 2.75) is 6.04 Å². The van der Waals surface area contributed by atoms with Crippen molar-refractivity contribution in [3.63, 3.8) is 0 Å². The van der Waals surface area contributed by atoms with Crippen molar-refractivity contribution in [1.29, 1.82) is 0 Å². The molecule has 0 fully saturated rings. The topological polar surface area (TPSA) is 29.3 Å². The van der Waals surface area contributed by atoms with Gasteiger partial charge in [0, 0.05) is 27.7 Å². The van der Waals surface area contributed by atoms with Crippen LogP contribution in [0, 0.1) is 0 Å². The van der Waals surface area contributed by atoms with Crippen molar-refractivity contribution in [3.05, 3.63) is 180 Å². The molecule has 3 heteroatoms. The van der Waals surface area contributed by atoms with Crippen LogP contribution in [0.1, 0.15) is 22.7 Å². The van der Waals surface area contributed by atoms with Gasteiger partial charge in [0.25, 0.3) is 0 Å². The van der Waals surface area contributed by atoms with Gasteiger partial charge in [0.05, 0.1) is 17.1 Å². The van der Waals surface area contributed by atoms with Gasteiger partial charge in [-0.05, 0) is 64.7 Å². The number of fused-ring (bicyclic) bond motifs is 3. The van der Waals surface area contributed by atoms with E-state index in [-0.39, 0.29) is 6.04 Å². The van der Waals surface area contributed by atoms with Crippen LogP contribution in [0.2, 0.25) is 0 Å². The fourth-order valence-corrected chi connectivity index (χ4v) is 6.12. The normalized spacial score (nSPS) is 14.7. The summed E-state index contributed by atoms with van der Waals surface area (Å²) in [5.74, 6) is 0.872. The van der Waals surface area contributed by atoms with E-state index in [0.717, 1.165) is 28.3 Å². The van der Waals surface area contributed by atoms with E-state index in [1.165, 1.54) is 38.5 Å². The van der Waals surface area contributed by atoms with E-state index < -0.39 is 0 Å². The second-order valence-electron chi connectivity index (χ2n) is 10.9. The summed E-state index contributed by atoms with van der Waals surface area (Å²) in [6.07, 6.45) is 2.23. The van der Waals surface area contributed by atoms with Crippen LogP contribution in [0.15, 0.2) is 169 Å². The zero-order valence-corrected chi connectivity index (χ0v) is 23.6. The van der Waals surface area contributed by atoms with Crippen molar-refractivity contribution in [1.82, 2.24) is 9.88 Å². The van der Waals surface area contributed by atoms with Crippen LogP contribution in [-0.4, -0.2) is 10.4 Å². The number of hydrogen-bond donors (Lipinski definition) is 1. The smallest absolute Gasteiger partial charge is 0.133 e. The second kappa shape index (κ2) is 10.6. The van der Waals surface area contributed by atoms with Crippen molar-refractivity contribution >= 4 is 33.3 Å². The van der Waals surface area contributed by atoms with E-state index in [1.54, 1.807) is 0 Å². The first-order chi connectivity index (χ1) is 21.3. The Morgan fingerprint density at radius 3 is 1.84 bits per heavy atom. The van der Waals surface area contributed by atoms with E-state index in [1.807, 2.05) is 0 Å². The number of nitrogens with one attached hydrogen (secondary N) is 1. The summed E-state index contributed by atoms with van der Waals surface area (Å²) in [5.41, 5.74) is 10.4. The first-order valence-corrected chi connectivity index (χ1v) is 14.7. The molecule has 1 atom stereocenters. The number of aliphatic imine (C=N–C) groups is 1. The van der Waals surface area contributed by atoms with E-state index >= 15 is 0 Å². The molecule has 1 aliphatic rings. The van der Waals surface area contributed by atoms with Crippen LogP contribution >= 0.6 is 0 Å². The quantitative estimate of drug-likeness (QED) is 0.227. The summed E-state index contributed by atoms with van der Waals surface area (Å²) in [6.45, 7) is 0. The molecule has 3 nitrogen and oxygen atoms in total. The third-order valence-corrected chi connectivity index (χ3v) is 8.25. The van der Waals surface area contributed by atoms with E-state index in [2.05, 4.69) is 174 Å². The average molecular weight is 552 g/mol. The molecule has 0 saturated heterocycles. The van der Waals surface area contributed by atoms with Crippen LogP contribution < -0.4 is 5.32 Å². The molecule has 1 unspecified atom stereocenters. The van der Waals surface area contributed by atoms with Gasteiger partial charge in [-0.3, -0.25) is 4.99 Å². The van der Waals surface area contributed by atoms with E-state index in [4.69, 9.17) is 4.99 Å². The highest BCUT2D eigenvalue weighted by molar-refractivity contribution is 6.13. The van der Waals surface area contributed by atoms with Crippen LogP contribution in [-0.2, 0) is 0 Å². The predicted octanol–water partition coefficient (Wildman–Crippen LogP) is 9.58. The lowest BCUT2D eigenvalue weighted by Gasteiger charge is -2.23. The molecule has 0 radical (unpaired) electrons. The Balaban J connectivity index is 1.23. The average Bonchev–Trinajstić information content (AvgIpc) is 3.43. The molecule has 6 aromatic carbocycles. The number of amidine groups is 1. The minimum absolute atomic E-state index is 0.0948. The molecule has 43 heavy (non-hydrogen) atoms. The van der Waals surface area contributed by atoms with Crippen molar-refractivity contribution in [3.8, 4) is 16.8 Å². The maximum atomic E-state index is 5.24. The number of benzene rings is 6. The van der Waals surface area contributed by atoms with Gasteiger partial charge in [-0.15, -0.1) is 0 Å². The molecule has 2 heterocycles. The lowest BCUT2D eigenvalue weighted by molar-refractivity contribution is 0.880. The lowest BCUT2D eigenvalue weighted by atomic mass is 9.98. The van der Waals surface area contributed by atoms with E-state index in [9.17, 15) is 0 Å². The Kier molecular flexibility index (Phi) is 6.20. The van der Waals surface area contributed by atoms with Crippen molar-refractivity contribution < 1.29 is 0 Å². The van der Waals surface area contributed by atoms with Gasteiger partial charge >= 0.3 is 0 Å². The van der Waals surface area contributed by atoms with Gasteiger partial charge < -0.3 is 9.88 Å². The van der Waals surface area contributed by atoms with Gasteiger partial charge in [-0.2, -0.15) is 0 Å². The summed E-state index contributed by atoms with van der Waals surface area (Å²) in [4.78, 5) is 5.24. The Bertz CT molecular complexity index is 2120. The highest BCUT2D eigenvalue weighted by atomic mass is 15.0. The zero-order chi connectivity index (χ0) is 28.6. The largest absolute Gasteiger partial charge is 0.340 e. The molecule has 204 valence electrons. The molecule has 0 spiro atoms. The van der Waals surface area contributed by atoms with Gasteiger partial charge in [0.1, 0.15) is 5.84 Å². The fraction of sp³-hybridized carbons (Fsp3) is 0.0250. The van der Waals surface area contributed by atoms with Gasteiger partial charge in [-0.25, -0.2) is 0 Å². The minimum Gasteiger partial charge on any atom is -0.340 e. The molecular weight excluding hydrogens is 522 g/mol. The number of para-hydroxylation sites is 2. The fourth-order valence-electron chi connectivity index (χ4n) is 6.12. The third kappa shape index (κ3) is 4.61. The Hall–Kier alpha value is -5.67. The highest BCUT2D eigenvalue weighted by Gasteiger charge is 2.21. The maximum absolute atomic E-state index is 5.24. The number of nitrogens with zero attached hydrogens (tertiary/aromatic N) is 2. The lowest BCUT2D eigenvalue weighted by Crippen LogP contribution is -2.27. The van der Waals surface area contributed by atoms with Crippen molar-refractivity contribution in [2.24, 2.45) is 4.99 Å². The number of rotatable bonds is 5. The zero-order valence-electron chi connectivity index (χ0n) is 23.6. The molecule has 7 aromatic rings. The minimum atomic E-state index is -0.0948. The first kappa shape index (κ1) is 25.1. The Morgan fingerprint density at radius 2 is 1.07 bits per heavy atom. The monoisotopic (exact) mass is 551 g/mol. The molecule has 1 N–H and O–H groups in total. The third-order valence-electron chi connectivity index (χ3n) is 8.25. The molecular formula is C40H29N3. The van der Waals surface area contributed by atoms with Gasteiger partial charge in [0.2, 0.25) is 0 Å².